The summed E-state index contributed by atoms with van der Waals surface area (Å²) < 4.78 is 0. The lowest BCUT2D eigenvalue weighted by atomic mass is 10.1. The molecule has 1 amide bonds. The fourth-order valence-corrected chi connectivity index (χ4v) is 3.60. The third-order valence-electron chi connectivity index (χ3n) is 3.93. The van der Waals surface area contributed by atoms with Crippen molar-refractivity contribution in [3.63, 3.8) is 0 Å². The number of aryl methyl sites for hydroxylation is 1. The molecule has 0 aliphatic heterocycles. The van der Waals surface area contributed by atoms with Gasteiger partial charge in [0.2, 0.25) is 0 Å². The predicted molar refractivity (Wildman–Crippen MR) is 115 cm³/mol. The molecule has 28 heavy (non-hydrogen) atoms. The summed E-state index contributed by atoms with van der Waals surface area (Å²) >= 11 is 13.4. The molecular formula is C21H15Cl2N3OS. The topological polar surface area (TPSA) is 65.8 Å². The number of carbonyl (C=O) groups excluding carboxylic acids is 1. The van der Waals surface area contributed by atoms with Crippen molar-refractivity contribution in [3.05, 3.63) is 85.8 Å². The van der Waals surface area contributed by atoms with Crippen LogP contribution in [0.5, 0.6) is 0 Å². The van der Waals surface area contributed by atoms with Crippen molar-refractivity contribution in [1.82, 2.24) is 4.98 Å². The number of halogens is 2. The molecule has 1 heterocycles. The molecule has 3 rings (SSSR count). The van der Waals surface area contributed by atoms with Gasteiger partial charge in [-0.1, -0.05) is 47.5 Å². The van der Waals surface area contributed by atoms with Crippen LogP contribution in [-0.2, 0) is 11.2 Å². The molecule has 1 aromatic heterocycles. The van der Waals surface area contributed by atoms with Crippen molar-refractivity contribution in [3.8, 4) is 6.07 Å². The molecule has 0 bridgehead atoms. The molecule has 0 fully saturated rings. The standard InChI is InChI=1S/C21H15Cl2N3OS/c1-13-2-3-15(10-19(13)23)9-18-12-25-21(28-18)26-20(27)16(11-24)8-14-4-6-17(22)7-5-14/h2-8,10,12H,9H2,1H3,(H,25,26,27). The Balaban J connectivity index is 1.69. The fourth-order valence-electron chi connectivity index (χ4n) is 2.43. The molecule has 0 atom stereocenters. The molecule has 0 aliphatic carbocycles. The zero-order valence-electron chi connectivity index (χ0n) is 14.9. The maximum atomic E-state index is 12.4. The number of amides is 1. The molecule has 140 valence electrons. The Morgan fingerprint density at radius 3 is 2.68 bits per heavy atom. The Bertz CT molecular complexity index is 1080. The second-order valence-electron chi connectivity index (χ2n) is 6.07. The van der Waals surface area contributed by atoms with Crippen molar-refractivity contribution in [2.75, 3.05) is 5.32 Å². The first kappa shape index (κ1) is 20.1. The van der Waals surface area contributed by atoms with Crippen molar-refractivity contribution in [2.45, 2.75) is 13.3 Å². The molecule has 4 nitrogen and oxygen atoms in total. The first-order chi connectivity index (χ1) is 13.4. The van der Waals surface area contributed by atoms with Crippen LogP contribution >= 0.6 is 34.5 Å². The van der Waals surface area contributed by atoms with Gasteiger partial charge in [-0.15, -0.1) is 11.3 Å². The quantitative estimate of drug-likeness (QED) is 0.407. The van der Waals surface area contributed by atoms with Crippen LogP contribution in [0, 0.1) is 18.3 Å². The number of hydrogen-bond donors (Lipinski definition) is 1. The summed E-state index contributed by atoms with van der Waals surface area (Å²) in [7, 11) is 0. The second-order valence-corrected chi connectivity index (χ2v) is 8.03. The molecule has 0 unspecified atom stereocenters. The van der Waals surface area contributed by atoms with E-state index in [9.17, 15) is 10.1 Å². The summed E-state index contributed by atoms with van der Waals surface area (Å²) in [5.74, 6) is -0.503. The average Bonchev–Trinajstić information content (AvgIpc) is 3.11. The first-order valence-electron chi connectivity index (χ1n) is 8.33. The molecule has 2 aromatic carbocycles. The highest BCUT2D eigenvalue weighted by Gasteiger charge is 2.12. The van der Waals surface area contributed by atoms with Gasteiger partial charge in [0.1, 0.15) is 11.6 Å². The summed E-state index contributed by atoms with van der Waals surface area (Å²) in [5.41, 5.74) is 2.80. The Kier molecular flexibility index (Phi) is 6.48. The maximum Gasteiger partial charge on any atom is 0.268 e. The van der Waals surface area contributed by atoms with E-state index >= 15 is 0 Å². The summed E-state index contributed by atoms with van der Waals surface area (Å²) in [4.78, 5) is 17.6. The number of rotatable bonds is 5. The number of anilines is 1. The highest BCUT2D eigenvalue weighted by Crippen LogP contribution is 2.24. The molecule has 0 saturated carbocycles. The van der Waals surface area contributed by atoms with E-state index in [0.717, 1.165) is 21.0 Å². The molecule has 3 aromatic rings. The number of nitrogens with one attached hydrogen (secondary N) is 1. The monoisotopic (exact) mass is 427 g/mol. The average molecular weight is 428 g/mol. The Morgan fingerprint density at radius 2 is 2.00 bits per heavy atom. The zero-order chi connectivity index (χ0) is 20.1. The minimum absolute atomic E-state index is 0.00983. The minimum atomic E-state index is -0.503. The smallest absolute Gasteiger partial charge is 0.268 e. The van der Waals surface area contributed by atoms with E-state index in [2.05, 4.69) is 10.3 Å². The van der Waals surface area contributed by atoms with Gasteiger partial charge < -0.3 is 0 Å². The van der Waals surface area contributed by atoms with Crippen molar-refractivity contribution >= 4 is 51.7 Å². The molecule has 0 aliphatic rings. The summed E-state index contributed by atoms with van der Waals surface area (Å²) in [6.07, 6.45) is 3.89. The third-order valence-corrected chi connectivity index (χ3v) is 5.51. The molecule has 0 saturated heterocycles. The number of aromatic nitrogens is 1. The Morgan fingerprint density at radius 1 is 1.25 bits per heavy atom. The molecule has 0 radical (unpaired) electrons. The van der Waals surface area contributed by atoms with Gasteiger partial charge in [-0.05, 0) is 47.9 Å². The van der Waals surface area contributed by atoms with Gasteiger partial charge in [-0.3, -0.25) is 10.1 Å². The van der Waals surface area contributed by atoms with Crippen LogP contribution in [-0.4, -0.2) is 10.9 Å². The lowest BCUT2D eigenvalue weighted by molar-refractivity contribution is -0.112. The first-order valence-corrected chi connectivity index (χ1v) is 9.90. The molecule has 0 spiro atoms. The van der Waals surface area contributed by atoms with Gasteiger partial charge in [0.05, 0.1) is 0 Å². The minimum Gasteiger partial charge on any atom is -0.297 e. The van der Waals surface area contributed by atoms with E-state index in [0.29, 0.717) is 22.1 Å². The number of benzene rings is 2. The van der Waals surface area contributed by atoms with E-state index < -0.39 is 5.91 Å². The van der Waals surface area contributed by atoms with Crippen LogP contribution < -0.4 is 5.32 Å². The van der Waals surface area contributed by atoms with Crippen LogP contribution in [0.15, 0.2) is 54.2 Å². The number of nitrogens with zero attached hydrogens (tertiary/aromatic N) is 2. The summed E-state index contributed by atoms with van der Waals surface area (Å²) in [6.45, 7) is 1.96. The van der Waals surface area contributed by atoms with Crippen LogP contribution in [0.1, 0.15) is 21.6 Å². The van der Waals surface area contributed by atoms with Crippen LogP contribution in [0.3, 0.4) is 0 Å². The van der Waals surface area contributed by atoms with Crippen molar-refractivity contribution in [2.24, 2.45) is 0 Å². The van der Waals surface area contributed by atoms with Gasteiger partial charge in [-0.25, -0.2) is 4.98 Å². The van der Waals surface area contributed by atoms with Gasteiger partial charge >= 0.3 is 0 Å². The van der Waals surface area contributed by atoms with Crippen molar-refractivity contribution < 1.29 is 4.79 Å². The van der Waals surface area contributed by atoms with Crippen LogP contribution in [0.2, 0.25) is 10.0 Å². The predicted octanol–water partition coefficient (Wildman–Crippen LogP) is 5.89. The maximum absolute atomic E-state index is 12.4. The third kappa shape index (κ3) is 5.20. The van der Waals surface area contributed by atoms with Gasteiger partial charge in [-0.2, -0.15) is 5.26 Å². The van der Waals surface area contributed by atoms with E-state index in [1.54, 1.807) is 30.5 Å². The van der Waals surface area contributed by atoms with Crippen LogP contribution in [0.25, 0.3) is 6.08 Å². The fraction of sp³-hybridized carbons (Fsp3) is 0.0952. The summed E-state index contributed by atoms with van der Waals surface area (Å²) in [5, 5.41) is 13.7. The largest absolute Gasteiger partial charge is 0.297 e. The van der Waals surface area contributed by atoms with E-state index in [4.69, 9.17) is 23.2 Å². The Labute approximate surface area is 177 Å². The summed E-state index contributed by atoms with van der Waals surface area (Å²) in [6, 6.07) is 14.7. The van der Waals surface area contributed by atoms with Crippen LogP contribution in [0.4, 0.5) is 5.13 Å². The number of thiazole rings is 1. The van der Waals surface area contributed by atoms with Gasteiger partial charge in [0, 0.05) is 27.5 Å². The molecule has 7 heteroatoms. The highest BCUT2D eigenvalue weighted by atomic mass is 35.5. The van der Waals surface area contributed by atoms with E-state index in [1.165, 1.54) is 17.4 Å². The molecule has 1 N–H and O–H groups in total. The SMILES string of the molecule is Cc1ccc(Cc2cnc(NC(=O)C(C#N)=Cc3ccc(Cl)cc3)s2)cc1Cl. The number of carbonyl (C=O) groups is 1. The van der Waals surface area contributed by atoms with E-state index in [1.807, 2.05) is 31.2 Å². The number of hydrogen-bond acceptors (Lipinski definition) is 4. The van der Waals surface area contributed by atoms with Gasteiger partial charge in [0.15, 0.2) is 5.13 Å². The normalized spacial score (nSPS) is 11.1. The van der Waals surface area contributed by atoms with E-state index in [-0.39, 0.29) is 5.57 Å². The Hall–Kier alpha value is -2.65. The second kappa shape index (κ2) is 9.03. The lowest BCUT2D eigenvalue weighted by Gasteiger charge is -2.02. The van der Waals surface area contributed by atoms with Gasteiger partial charge in [0.25, 0.3) is 5.91 Å². The highest BCUT2D eigenvalue weighted by molar-refractivity contribution is 7.15. The lowest BCUT2D eigenvalue weighted by Crippen LogP contribution is -2.13. The van der Waals surface area contributed by atoms with Crippen molar-refractivity contribution in [1.29, 1.82) is 5.26 Å². The zero-order valence-corrected chi connectivity index (χ0v) is 17.2. The molecular weight excluding hydrogens is 413 g/mol. The number of nitriles is 1.